The number of rotatable bonds is 0. The van der Waals surface area contributed by atoms with Crippen molar-refractivity contribution in [2.24, 2.45) is 4.99 Å². The maximum Gasteiger partial charge on any atom is 0.358 e. The van der Waals surface area contributed by atoms with Gasteiger partial charge in [0.2, 0.25) is 0 Å². The molecule has 1 aliphatic rings. The van der Waals surface area contributed by atoms with Crippen molar-refractivity contribution < 1.29 is 4.58 Å². The first-order chi connectivity index (χ1) is 4.20. The molecule has 1 aliphatic heterocycles. The molecule has 0 aromatic rings. The number of amidine groups is 1. The maximum absolute atomic E-state index is 4.10. The second-order valence-electron chi connectivity index (χ2n) is 2.00. The van der Waals surface area contributed by atoms with E-state index in [4.69, 9.17) is 0 Å². The Kier molecular flexibility index (Phi) is 1.71. The highest BCUT2D eigenvalue weighted by Crippen LogP contribution is 2.19. The van der Waals surface area contributed by atoms with Gasteiger partial charge in [0.15, 0.2) is 6.21 Å². The molecule has 0 saturated carbocycles. The summed E-state index contributed by atoms with van der Waals surface area (Å²) in [6.07, 6.45) is 1.78. The molecule has 0 spiro atoms. The van der Waals surface area contributed by atoms with Crippen LogP contribution in [0.3, 0.4) is 0 Å². The molecule has 0 radical (unpaired) electrons. The summed E-state index contributed by atoms with van der Waals surface area (Å²) < 4.78 is 1.97. The molecule has 0 fully saturated rings. The Labute approximate surface area is 59.0 Å². The van der Waals surface area contributed by atoms with Crippen LogP contribution in [0.15, 0.2) is 16.5 Å². The predicted molar refractivity (Wildman–Crippen MR) is 42.3 cm³/mol. The van der Waals surface area contributed by atoms with Crippen LogP contribution in [0.5, 0.6) is 0 Å². The highest BCUT2D eigenvalue weighted by atomic mass is 32.2. The van der Waals surface area contributed by atoms with Gasteiger partial charge >= 0.3 is 5.17 Å². The molecular formula is C6H9N2S+. The average molecular weight is 141 g/mol. The number of thioether (sulfide) groups is 1. The van der Waals surface area contributed by atoms with Crippen LogP contribution in [0.4, 0.5) is 0 Å². The van der Waals surface area contributed by atoms with Crippen LogP contribution in [0.1, 0.15) is 0 Å². The van der Waals surface area contributed by atoms with Crippen molar-refractivity contribution in [1.82, 2.24) is 0 Å². The van der Waals surface area contributed by atoms with Gasteiger partial charge in [-0.2, -0.15) is 0 Å². The summed E-state index contributed by atoms with van der Waals surface area (Å²) in [4.78, 5) is 5.11. The molecule has 9 heavy (non-hydrogen) atoms. The van der Waals surface area contributed by atoms with Gasteiger partial charge in [-0.1, -0.05) is 6.58 Å². The lowest BCUT2D eigenvalue weighted by molar-refractivity contribution is -0.462. The molecule has 2 nitrogen and oxygen atoms in total. The van der Waals surface area contributed by atoms with Crippen LogP contribution >= 0.6 is 11.8 Å². The summed E-state index contributed by atoms with van der Waals surface area (Å²) in [5, 5.41) is 1.01. The molecule has 0 atom stereocenters. The molecule has 0 saturated heterocycles. The largest absolute Gasteiger partial charge is 0.358 e. The van der Waals surface area contributed by atoms with Gasteiger partial charge in [0.25, 0.3) is 0 Å². The van der Waals surface area contributed by atoms with Gasteiger partial charge in [-0.15, -0.1) is 0 Å². The first-order valence-electron chi connectivity index (χ1n) is 2.65. The van der Waals surface area contributed by atoms with Crippen molar-refractivity contribution in [3.63, 3.8) is 0 Å². The van der Waals surface area contributed by atoms with E-state index in [2.05, 4.69) is 11.6 Å². The van der Waals surface area contributed by atoms with Crippen molar-refractivity contribution in [3.8, 4) is 0 Å². The van der Waals surface area contributed by atoms with Crippen molar-refractivity contribution >= 4 is 23.1 Å². The molecule has 1 heterocycles. The van der Waals surface area contributed by atoms with Crippen LogP contribution in [0.2, 0.25) is 0 Å². The van der Waals surface area contributed by atoms with E-state index >= 15 is 0 Å². The quantitative estimate of drug-likeness (QED) is 0.458. The number of hydrogen-bond acceptors (Lipinski definition) is 1. The Hall–Kier alpha value is -0.570. The second-order valence-corrected chi connectivity index (χ2v) is 3.10. The monoisotopic (exact) mass is 141 g/mol. The summed E-state index contributed by atoms with van der Waals surface area (Å²) in [5.74, 6) is 0. The van der Waals surface area contributed by atoms with Crippen LogP contribution in [0, 0.1) is 0 Å². The van der Waals surface area contributed by atoms with Gasteiger partial charge in [0.05, 0.1) is 19.0 Å². The van der Waals surface area contributed by atoms with Crippen molar-refractivity contribution in [1.29, 1.82) is 0 Å². The fourth-order valence-corrected chi connectivity index (χ4v) is 1.13. The van der Waals surface area contributed by atoms with E-state index in [0.717, 1.165) is 10.1 Å². The zero-order valence-corrected chi connectivity index (χ0v) is 6.40. The minimum atomic E-state index is 1.01. The zero-order valence-electron chi connectivity index (χ0n) is 5.59. The van der Waals surface area contributed by atoms with Crippen LogP contribution in [0.25, 0.3) is 0 Å². The first-order valence-corrected chi connectivity index (χ1v) is 3.47. The van der Waals surface area contributed by atoms with Gasteiger partial charge in [-0.05, 0) is 4.99 Å². The molecule has 0 aromatic carbocycles. The molecule has 0 bridgehead atoms. The van der Waals surface area contributed by atoms with Gasteiger partial charge in [-0.25, -0.2) is 0 Å². The van der Waals surface area contributed by atoms with E-state index in [1.807, 2.05) is 18.7 Å². The third-order valence-corrected chi connectivity index (χ3v) is 1.94. The summed E-state index contributed by atoms with van der Waals surface area (Å²) >= 11 is 1.60. The Balaban J connectivity index is 2.83. The Morgan fingerprint density at radius 2 is 2.33 bits per heavy atom. The highest BCUT2D eigenvalue weighted by Gasteiger charge is 2.17. The summed E-state index contributed by atoms with van der Waals surface area (Å²) in [5.41, 5.74) is 0. The third-order valence-electron chi connectivity index (χ3n) is 0.924. The number of hydrogen-bond donors (Lipinski definition) is 0. The van der Waals surface area contributed by atoms with Gasteiger partial charge < -0.3 is 0 Å². The predicted octanol–water partition coefficient (Wildman–Crippen LogP) is 0.946. The molecule has 3 heteroatoms. The van der Waals surface area contributed by atoms with E-state index in [0.29, 0.717) is 0 Å². The Morgan fingerprint density at radius 1 is 1.67 bits per heavy atom. The van der Waals surface area contributed by atoms with Gasteiger partial charge in [0, 0.05) is 11.8 Å². The normalized spacial score (nSPS) is 17.1. The molecule has 0 unspecified atom stereocenters. The number of nitrogens with zero attached hydrogens (tertiary/aromatic N) is 2. The topological polar surface area (TPSA) is 15.4 Å². The van der Waals surface area contributed by atoms with E-state index in [-0.39, 0.29) is 0 Å². The van der Waals surface area contributed by atoms with Crippen molar-refractivity contribution in [2.45, 2.75) is 0 Å². The molecular weight excluding hydrogens is 132 g/mol. The number of aliphatic imine (C=N–C) groups is 1. The number of allylic oxidation sites excluding steroid dienone is 1. The molecule has 0 N–H and O–H groups in total. The lowest BCUT2D eigenvalue weighted by Crippen LogP contribution is -2.03. The van der Waals surface area contributed by atoms with Crippen molar-refractivity contribution in [2.75, 3.05) is 14.1 Å². The van der Waals surface area contributed by atoms with E-state index < -0.39 is 0 Å². The van der Waals surface area contributed by atoms with Crippen molar-refractivity contribution in [3.05, 3.63) is 11.5 Å². The molecule has 0 amide bonds. The SMILES string of the molecule is C=C1C=NC(=[N+](C)C)S1. The smallest absolute Gasteiger partial charge is 0.258 e. The lowest BCUT2D eigenvalue weighted by atomic mass is 10.7. The fraction of sp³-hybridized carbons (Fsp3) is 0.333. The molecule has 0 aromatic heterocycles. The Bertz CT molecular complexity index is 199. The van der Waals surface area contributed by atoms with E-state index in [9.17, 15) is 0 Å². The summed E-state index contributed by atoms with van der Waals surface area (Å²) in [6.45, 7) is 3.75. The molecule has 1 rings (SSSR count). The summed E-state index contributed by atoms with van der Waals surface area (Å²) in [6, 6.07) is 0. The second kappa shape index (κ2) is 2.35. The molecule has 0 aliphatic carbocycles. The van der Waals surface area contributed by atoms with Gasteiger partial charge in [0.1, 0.15) is 0 Å². The average Bonchev–Trinajstić information content (AvgIpc) is 2.14. The van der Waals surface area contributed by atoms with E-state index in [1.165, 1.54) is 0 Å². The van der Waals surface area contributed by atoms with Crippen LogP contribution < -0.4 is 0 Å². The summed E-state index contributed by atoms with van der Waals surface area (Å²) in [7, 11) is 3.94. The minimum absolute atomic E-state index is 1.01. The fourth-order valence-electron chi connectivity index (χ4n) is 0.504. The standard InChI is InChI=1S/C6H9N2S/c1-5-4-7-6(9-5)8(2)3/h4H,1H2,2-3H3/q+1. The minimum Gasteiger partial charge on any atom is -0.258 e. The van der Waals surface area contributed by atoms with Crippen LogP contribution in [-0.4, -0.2) is 30.1 Å². The molecule has 48 valence electrons. The third kappa shape index (κ3) is 1.42. The highest BCUT2D eigenvalue weighted by molar-refractivity contribution is 8.18. The Morgan fingerprint density at radius 3 is 2.56 bits per heavy atom. The lowest BCUT2D eigenvalue weighted by Gasteiger charge is -1.86. The first kappa shape index (κ1) is 6.55. The van der Waals surface area contributed by atoms with E-state index in [1.54, 1.807) is 18.0 Å². The maximum atomic E-state index is 4.10. The van der Waals surface area contributed by atoms with Crippen LogP contribution in [-0.2, 0) is 0 Å². The zero-order chi connectivity index (χ0) is 6.85. The van der Waals surface area contributed by atoms with Gasteiger partial charge in [-0.3, -0.25) is 4.58 Å².